The Labute approximate surface area is 253 Å². The van der Waals surface area contributed by atoms with Gasteiger partial charge in [-0.25, -0.2) is 0 Å². The Morgan fingerprint density at radius 3 is 1.69 bits per heavy atom. The van der Waals surface area contributed by atoms with Crippen molar-refractivity contribution in [2.24, 2.45) is 9.98 Å². The minimum atomic E-state index is 0. The molecule has 0 N–H and O–H groups in total. The van der Waals surface area contributed by atoms with Gasteiger partial charge in [0.2, 0.25) is 0 Å². The molecule has 0 aromatic heterocycles. The van der Waals surface area contributed by atoms with Gasteiger partial charge < -0.3 is 0 Å². The number of allylic oxidation sites excluding steroid dienone is 2. The van der Waals surface area contributed by atoms with E-state index in [4.69, 9.17) is 9.98 Å². The molecule has 2 aromatic rings. The Balaban J connectivity index is 0.00000760. The largest absolute Gasteiger partial charge is 0.255 e. The third-order valence-electron chi connectivity index (χ3n) is 6.73. The van der Waals surface area contributed by atoms with E-state index in [9.17, 15) is 0 Å². The van der Waals surface area contributed by atoms with E-state index >= 15 is 0 Å². The summed E-state index contributed by atoms with van der Waals surface area (Å²) in [6, 6.07) is 17.0. The fourth-order valence-corrected chi connectivity index (χ4v) is 4.40. The minimum absolute atomic E-state index is 0. The van der Waals surface area contributed by atoms with Crippen LogP contribution in [0.4, 0.5) is 11.4 Å². The summed E-state index contributed by atoms with van der Waals surface area (Å²) in [6.07, 6.45) is 29.8. The first kappa shape index (κ1) is 34.9. The van der Waals surface area contributed by atoms with Crippen LogP contribution in [0.25, 0.3) is 12.2 Å². The summed E-state index contributed by atoms with van der Waals surface area (Å²) in [5.74, 6) is 0. The molecule has 0 atom stereocenters. The Morgan fingerprint density at radius 1 is 0.615 bits per heavy atom. The molecule has 0 amide bonds. The maximum Gasteiger partial charge on any atom is 0.0639 e. The van der Waals surface area contributed by atoms with E-state index in [0.717, 1.165) is 49.2 Å². The van der Waals surface area contributed by atoms with Crippen LogP contribution in [0.5, 0.6) is 0 Å². The molecule has 2 rings (SSSR count). The predicted molar refractivity (Wildman–Crippen MR) is 172 cm³/mol. The van der Waals surface area contributed by atoms with Crippen molar-refractivity contribution in [3.05, 3.63) is 71.8 Å². The van der Waals surface area contributed by atoms with Crippen molar-refractivity contribution in [1.29, 1.82) is 0 Å². The Kier molecular flexibility index (Phi) is 21.3. The molecular weight excluding hydrogens is 567 g/mol. The van der Waals surface area contributed by atoms with E-state index in [-0.39, 0.29) is 20.4 Å². The molecule has 3 heteroatoms. The topological polar surface area (TPSA) is 24.7 Å². The maximum atomic E-state index is 4.98. The van der Waals surface area contributed by atoms with Gasteiger partial charge in [0.05, 0.1) is 17.1 Å². The van der Waals surface area contributed by atoms with Crippen LogP contribution in [0.3, 0.4) is 0 Å². The summed E-state index contributed by atoms with van der Waals surface area (Å²) >= 11 is 0. The zero-order valence-electron chi connectivity index (χ0n) is 24.8. The number of rotatable bonds is 20. The van der Waals surface area contributed by atoms with Gasteiger partial charge in [-0.2, -0.15) is 0 Å². The van der Waals surface area contributed by atoms with Gasteiger partial charge in [0.15, 0.2) is 0 Å². The summed E-state index contributed by atoms with van der Waals surface area (Å²) in [5, 5.41) is 0. The molecule has 0 heterocycles. The van der Waals surface area contributed by atoms with Crippen LogP contribution in [-0.2, 0) is 20.4 Å². The summed E-state index contributed by atoms with van der Waals surface area (Å²) in [5.41, 5.74) is 5.46. The molecule has 2 nitrogen and oxygen atoms in total. The van der Waals surface area contributed by atoms with Gasteiger partial charge in [0, 0.05) is 26.6 Å². The van der Waals surface area contributed by atoms with Crippen LogP contribution in [-0.4, -0.2) is 11.9 Å². The number of unbranched alkanes of at least 4 members (excludes halogenated alkanes) is 11. The SMILES string of the molecule is CCCCCCCC=Cc1cccc(N=CC(CCCC)=Nc2cccc(C=CCCCCCCC)c2)c1.[Pd]. The first-order valence-electron chi connectivity index (χ1n) is 15.4. The maximum absolute atomic E-state index is 4.98. The fourth-order valence-electron chi connectivity index (χ4n) is 4.40. The quantitative estimate of drug-likeness (QED) is 0.0801. The Hall–Kier alpha value is -2.08. The van der Waals surface area contributed by atoms with Gasteiger partial charge in [0.25, 0.3) is 0 Å². The van der Waals surface area contributed by atoms with Crippen molar-refractivity contribution in [2.75, 3.05) is 0 Å². The second-order valence-electron chi connectivity index (χ2n) is 10.4. The number of benzene rings is 2. The van der Waals surface area contributed by atoms with Crippen LogP contribution in [0.15, 0.2) is 70.7 Å². The zero-order chi connectivity index (χ0) is 27.1. The molecule has 0 fully saturated rings. The van der Waals surface area contributed by atoms with Crippen LogP contribution in [0, 0.1) is 0 Å². The van der Waals surface area contributed by atoms with E-state index < -0.39 is 0 Å². The second-order valence-corrected chi connectivity index (χ2v) is 10.4. The molecule has 0 aliphatic rings. The summed E-state index contributed by atoms with van der Waals surface area (Å²) in [7, 11) is 0. The Bertz CT molecular complexity index is 1000. The van der Waals surface area contributed by atoms with E-state index in [0.29, 0.717) is 0 Å². The molecule has 0 aliphatic heterocycles. The first-order valence-corrected chi connectivity index (χ1v) is 15.4. The van der Waals surface area contributed by atoms with Crippen LogP contribution < -0.4 is 0 Å². The molecule has 2 aromatic carbocycles. The third kappa shape index (κ3) is 17.3. The van der Waals surface area contributed by atoms with Gasteiger partial charge in [-0.15, -0.1) is 0 Å². The molecule has 0 aliphatic carbocycles. The minimum Gasteiger partial charge on any atom is -0.255 e. The molecule has 0 saturated heterocycles. The average molecular weight is 619 g/mol. The van der Waals surface area contributed by atoms with Crippen molar-refractivity contribution < 1.29 is 20.4 Å². The summed E-state index contributed by atoms with van der Waals surface area (Å²) in [6.45, 7) is 6.76. The third-order valence-corrected chi connectivity index (χ3v) is 6.73. The summed E-state index contributed by atoms with van der Waals surface area (Å²) < 4.78 is 0. The fraction of sp³-hybridized carbons (Fsp3) is 0.500. The van der Waals surface area contributed by atoms with E-state index in [1.807, 2.05) is 6.21 Å². The molecule has 216 valence electrons. The average Bonchev–Trinajstić information content (AvgIpc) is 2.94. The van der Waals surface area contributed by atoms with Crippen molar-refractivity contribution in [3.63, 3.8) is 0 Å². The van der Waals surface area contributed by atoms with Crippen molar-refractivity contribution in [2.45, 2.75) is 117 Å². The normalized spacial score (nSPS) is 12.1. The molecule has 0 unspecified atom stereocenters. The van der Waals surface area contributed by atoms with Crippen LogP contribution >= 0.6 is 0 Å². The second kappa shape index (κ2) is 23.8. The smallest absolute Gasteiger partial charge is 0.0639 e. The Morgan fingerprint density at radius 2 is 1.13 bits per heavy atom. The van der Waals surface area contributed by atoms with E-state index in [2.05, 4.69) is 93.6 Å². The number of hydrogen-bond donors (Lipinski definition) is 0. The number of hydrogen-bond acceptors (Lipinski definition) is 2. The van der Waals surface area contributed by atoms with E-state index in [1.165, 1.54) is 75.3 Å². The van der Waals surface area contributed by atoms with Gasteiger partial charge in [0.1, 0.15) is 0 Å². The standard InChI is InChI=1S/C36H52N2.Pd/c1-4-7-10-12-14-16-18-22-32-24-20-27-34(29-32)37-31-36(26-9-6-3)38-35-28-21-25-33(30-35)23-19-17-15-13-11-8-5-2;/h18-25,27-31H,4-17,26H2,1-3H3;. The molecule has 0 radical (unpaired) electrons. The van der Waals surface area contributed by atoms with Crippen LogP contribution in [0.2, 0.25) is 0 Å². The number of nitrogens with zero attached hydrogens (tertiary/aromatic N) is 2. The van der Waals surface area contributed by atoms with Crippen molar-refractivity contribution >= 4 is 35.5 Å². The van der Waals surface area contributed by atoms with Gasteiger partial charge in [-0.1, -0.05) is 127 Å². The zero-order valence-corrected chi connectivity index (χ0v) is 26.4. The monoisotopic (exact) mass is 618 g/mol. The van der Waals surface area contributed by atoms with E-state index in [1.54, 1.807) is 0 Å². The predicted octanol–water partition coefficient (Wildman–Crippen LogP) is 12.1. The van der Waals surface area contributed by atoms with Crippen LogP contribution in [0.1, 0.15) is 128 Å². The van der Waals surface area contributed by atoms with Gasteiger partial charge in [-0.3, -0.25) is 9.98 Å². The van der Waals surface area contributed by atoms with Gasteiger partial charge >= 0.3 is 0 Å². The number of aliphatic imine (C=N–C) groups is 2. The molecular formula is C36H52N2Pd. The molecule has 0 bridgehead atoms. The van der Waals surface area contributed by atoms with Crippen molar-refractivity contribution in [3.8, 4) is 0 Å². The molecule has 0 saturated carbocycles. The first-order chi connectivity index (χ1) is 18.7. The molecule has 39 heavy (non-hydrogen) atoms. The van der Waals surface area contributed by atoms with Crippen molar-refractivity contribution in [1.82, 2.24) is 0 Å². The summed E-state index contributed by atoms with van der Waals surface area (Å²) in [4.78, 5) is 9.79. The molecule has 0 spiro atoms. The van der Waals surface area contributed by atoms with Gasteiger partial charge in [-0.05, 0) is 73.9 Å².